The molecular formula is C16H16Cl2N2O2S. The summed E-state index contributed by atoms with van der Waals surface area (Å²) in [5, 5.41) is 7.71. The van der Waals surface area contributed by atoms with E-state index in [-0.39, 0.29) is 0 Å². The highest BCUT2D eigenvalue weighted by Gasteiger charge is 2.05. The van der Waals surface area contributed by atoms with Gasteiger partial charge in [-0.2, -0.15) is 0 Å². The molecule has 0 heterocycles. The van der Waals surface area contributed by atoms with Gasteiger partial charge in [0.05, 0.1) is 14.2 Å². The summed E-state index contributed by atoms with van der Waals surface area (Å²) in [4.78, 5) is 0. The molecule has 0 saturated heterocycles. The van der Waals surface area contributed by atoms with Gasteiger partial charge in [0.2, 0.25) is 0 Å². The molecule has 2 aromatic rings. The van der Waals surface area contributed by atoms with E-state index in [0.29, 0.717) is 33.2 Å². The maximum Gasteiger partial charge on any atom is 0.171 e. The van der Waals surface area contributed by atoms with Gasteiger partial charge in [-0.15, -0.1) is 0 Å². The zero-order chi connectivity index (χ0) is 16.8. The van der Waals surface area contributed by atoms with Crippen molar-refractivity contribution in [2.45, 2.75) is 6.54 Å². The molecule has 4 nitrogen and oxygen atoms in total. The predicted octanol–water partition coefficient (Wildman–Crippen LogP) is 4.50. The smallest absolute Gasteiger partial charge is 0.171 e. The van der Waals surface area contributed by atoms with E-state index in [1.54, 1.807) is 32.4 Å². The summed E-state index contributed by atoms with van der Waals surface area (Å²) in [6, 6.07) is 10.8. The molecule has 0 bridgehead atoms. The molecule has 0 aliphatic rings. The first-order valence-electron chi connectivity index (χ1n) is 6.73. The van der Waals surface area contributed by atoms with Crippen LogP contribution in [0.3, 0.4) is 0 Å². The van der Waals surface area contributed by atoms with E-state index in [4.69, 9.17) is 44.9 Å². The lowest BCUT2D eigenvalue weighted by Gasteiger charge is -2.13. The van der Waals surface area contributed by atoms with E-state index in [0.717, 1.165) is 11.3 Å². The summed E-state index contributed by atoms with van der Waals surface area (Å²) in [7, 11) is 3.20. The molecule has 0 amide bonds. The molecule has 2 aromatic carbocycles. The number of anilines is 1. The molecule has 0 radical (unpaired) electrons. The van der Waals surface area contributed by atoms with Crippen molar-refractivity contribution in [1.82, 2.24) is 5.32 Å². The van der Waals surface area contributed by atoms with Crippen LogP contribution in [0.1, 0.15) is 5.56 Å². The number of hydrogen-bond donors (Lipinski definition) is 2. The standard InChI is InChI=1S/C16H16Cl2N2O2S/c1-21-14-4-3-10(5-15(14)22-2)9-19-16(23)20-13-7-11(17)6-12(18)8-13/h3-8H,9H2,1-2H3,(H2,19,20,23). The van der Waals surface area contributed by atoms with Crippen molar-refractivity contribution >= 4 is 46.2 Å². The number of thiocarbonyl (C=S) groups is 1. The largest absolute Gasteiger partial charge is 0.493 e. The predicted molar refractivity (Wildman–Crippen MR) is 99.1 cm³/mol. The third-order valence-corrected chi connectivity index (χ3v) is 3.70. The number of nitrogens with one attached hydrogen (secondary N) is 2. The maximum atomic E-state index is 5.95. The van der Waals surface area contributed by atoms with Crippen LogP contribution in [0.25, 0.3) is 0 Å². The Morgan fingerprint density at radius 3 is 2.26 bits per heavy atom. The quantitative estimate of drug-likeness (QED) is 0.758. The summed E-state index contributed by atoms with van der Waals surface area (Å²) >= 11 is 17.2. The molecule has 7 heteroatoms. The highest BCUT2D eigenvalue weighted by molar-refractivity contribution is 7.80. The van der Waals surface area contributed by atoms with Crippen molar-refractivity contribution in [3.63, 3.8) is 0 Å². The topological polar surface area (TPSA) is 42.5 Å². The van der Waals surface area contributed by atoms with Gasteiger partial charge in [0.15, 0.2) is 16.6 Å². The number of benzene rings is 2. The minimum absolute atomic E-state index is 0.470. The highest BCUT2D eigenvalue weighted by Crippen LogP contribution is 2.27. The second-order valence-corrected chi connectivity index (χ2v) is 5.94. The Balaban J connectivity index is 1.96. The zero-order valence-corrected chi connectivity index (χ0v) is 15.0. The fourth-order valence-corrected chi connectivity index (χ4v) is 2.69. The first-order chi connectivity index (χ1) is 11.0. The molecule has 0 saturated carbocycles. The van der Waals surface area contributed by atoms with Gasteiger partial charge in [-0.1, -0.05) is 29.3 Å². The second-order valence-electron chi connectivity index (χ2n) is 4.66. The van der Waals surface area contributed by atoms with Gasteiger partial charge in [0.25, 0.3) is 0 Å². The Kier molecular flexibility index (Phi) is 6.33. The van der Waals surface area contributed by atoms with E-state index in [2.05, 4.69) is 10.6 Å². The van der Waals surface area contributed by atoms with Gasteiger partial charge in [0, 0.05) is 22.3 Å². The Morgan fingerprint density at radius 1 is 1.00 bits per heavy atom. The van der Waals surface area contributed by atoms with Gasteiger partial charge in [0.1, 0.15) is 0 Å². The van der Waals surface area contributed by atoms with E-state index in [9.17, 15) is 0 Å². The van der Waals surface area contributed by atoms with E-state index < -0.39 is 0 Å². The average molecular weight is 371 g/mol. The first-order valence-corrected chi connectivity index (χ1v) is 7.90. The molecule has 0 aromatic heterocycles. The third kappa shape index (κ3) is 5.16. The summed E-state index contributed by atoms with van der Waals surface area (Å²) in [5.74, 6) is 1.36. The van der Waals surface area contributed by atoms with E-state index in [1.807, 2.05) is 18.2 Å². The summed E-state index contributed by atoms with van der Waals surface area (Å²) in [6.07, 6.45) is 0. The van der Waals surface area contributed by atoms with Gasteiger partial charge in [-0.05, 0) is 48.1 Å². The monoisotopic (exact) mass is 370 g/mol. The van der Waals surface area contributed by atoms with Crippen LogP contribution in [-0.4, -0.2) is 19.3 Å². The Labute approximate surface area is 150 Å². The molecular weight excluding hydrogens is 355 g/mol. The molecule has 0 unspecified atom stereocenters. The van der Waals surface area contributed by atoms with E-state index in [1.165, 1.54) is 0 Å². The molecule has 0 fully saturated rings. The van der Waals surface area contributed by atoms with Gasteiger partial charge in [-0.3, -0.25) is 0 Å². The van der Waals surface area contributed by atoms with Crippen LogP contribution in [0, 0.1) is 0 Å². The Morgan fingerprint density at radius 2 is 1.65 bits per heavy atom. The third-order valence-electron chi connectivity index (χ3n) is 3.02. The lowest BCUT2D eigenvalue weighted by atomic mass is 10.2. The van der Waals surface area contributed by atoms with Crippen LogP contribution in [0.2, 0.25) is 10.0 Å². The van der Waals surface area contributed by atoms with Crippen LogP contribution in [0.15, 0.2) is 36.4 Å². The molecule has 2 rings (SSSR count). The Hall–Kier alpha value is -1.69. The number of halogens is 2. The van der Waals surface area contributed by atoms with Crippen LogP contribution in [-0.2, 0) is 6.54 Å². The normalized spacial score (nSPS) is 10.1. The fraction of sp³-hybridized carbons (Fsp3) is 0.188. The first kappa shape index (κ1) is 17.7. The summed E-state index contributed by atoms with van der Waals surface area (Å²) < 4.78 is 10.5. The lowest BCUT2D eigenvalue weighted by molar-refractivity contribution is 0.354. The highest BCUT2D eigenvalue weighted by atomic mass is 35.5. The SMILES string of the molecule is COc1ccc(CNC(=S)Nc2cc(Cl)cc(Cl)c2)cc1OC. The Bertz CT molecular complexity index is 690. The van der Waals surface area contributed by atoms with Crippen LogP contribution < -0.4 is 20.1 Å². The molecule has 122 valence electrons. The molecule has 0 aliphatic heterocycles. The van der Waals surface area contributed by atoms with Crippen LogP contribution in [0.4, 0.5) is 5.69 Å². The van der Waals surface area contributed by atoms with Crippen molar-refractivity contribution in [1.29, 1.82) is 0 Å². The fourth-order valence-electron chi connectivity index (χ4n) is 1.97. The summed E-state index contributed by atoms with van der Waals surface area (Å²) in [6.45, 7) is 0.542. The zero-order valence-electron chi connectivity index (χ0n) is 12.7. The van der Waals surface area contributed by atoms with Crippen molar-refractivity contribution in [2.24, 2.45) is 0 Å². The maximum absolute atomic E-state index is 5.95. The van der Waals surface area contributed by atoms with Gasteiger partial charge < -0.3 is 20.1 Å². The van der Waals surface area contributed by atoms with E-state index >= 15 is 0 Å². The molecule has 23 heavy (non-hydrogen) atoms. The minimum Gasteiger partial charge on any atom is -0.493 e. The van der Waals surface area contributed by atoms with Crippen molar-refractivity contribution < 1.29 is 9.47 Å². The number of rotatable bonds is 5. The van der Waals surface area contributed by atoms with Gasteiger partial charge in [-0.25, -0.2) is 0 Å². The van der Waals surface area contributed by atoms with Crippen molar-refractivity contribution in [3.8, 4) is 11.5 Å². The van der Waals surface area contributed by atoms with Crippen molar-refractivity contribution in [2.75, 3.05) is 19.5 Å². The number of ether oxygens (including phenoxy) is 2. The average Bonchev–Trinajstić information content (AvgIpc) is 2.51. The summed E-state index contributed by atoms with van der Waals surface area (Å²) in [5.41, 5.74) is 1.74. The molecule has 0 aliphatic carbocycles. The van der Waals surface area contributed by atoms with Crippen LogP contribution in [0.5, 0.6) is 11.5 Å². The second kappa shape index (κ2) is 8.24. The van der Waals surface area contributed by atoms with Crippen LogP contribution >= 0.6 is 35.4 Å². The molecule has 2 N–H and O–H groups in total. The number of methoxy groups -OCH3 is 2. The lowest BCUT2D eigenvalue weighted by Crippen LogP contribution is -2.27. The van der Waals surface area contributed by atoms with Crippen molar-refractivity contribution in [3.05, 3.63) is 52.0 Å². The number of hydrogen-bond acceptors (Lipinski definition) is 3. The minimum atomic E-state index is 0.470. The molecule has 0 spiro atoms. The molecule has 0 atom stereocenters. The van der Waals surface area contributed by atoms with Gasteiger partial charge >= 0.3 is 0 Å².